The number of thiazole rings is 1. The fourth-order valence-corrected chi connectivity index (χ4v) is 2.38. The topological polar surface area (TPSA) is 33.2 Å². The number of carbonyl (C=O) groups is 1. The minimum atomic E-state index is -0.0194. The van der Waals surface area contributed by atoms with Gasteiger partial charge in [0.05, 0.1) is 5.01 Å². The van der Waals surface area contributed by atoms with Gasteiger partial charge in [-0.2, -0.15) is 0 Å². The van der Waals surface area contributed by atoms with Crippen molar-refractivity contribution in [2.24, 2.45) is 0 Å². The first-order valence-corrected chi connectivity index (χ1v) is 6.82. The molecule has 0 saturated heterocycles. The molecule has 94 valence electrons. The van der Waals surface area contributed by atoms with Crippen molar-refractivity contribution in [2.45, 2.75) is 6.42 Å². The summed E-state index contributed by atoms with van der Waals surface area (Å²) in [6.45, 7) is 0.652. The molecule has 0 N–H and O–H groups in total. The Morgan fingerprint density at radius 2 is 2.33 bits per heavy atom. The van der Waals surface area contributed by atoms with Gasteiger partial charge in [-0.3, -0.25) is 4.79 Å². The van der Waals surface area contributed by atoms with Crippen molar-refractivity contribution in [2.75, 3.05) is 13.6 Å². The molecule has 5 heteroatoms. The molecule has 1 heterocycles. The SMILES string of the molecule is CN(CCc1nccs1)C(=O)c1cccc(Cl)c1. The van der Waals surface area contributed by atoms with E-state index >= 15 is 0 Å². The molecule has 0 saturated carbocycles. The summed E-state index contributed by atoms with van der Waals surface area (Å²) in [5, 5.41) is 3.56. The van der Waals surface area contributed by atoms with E-state index in [1.807, 2.05) is 5.38 Å². The van der Waals surface area contributed by atoms with E-state index in [0.717, 1.165) is 11.4 Å². The van der Waals surface area contributed by atoms with E-state index in [2.05, 4.69) is 4.98 Å². The molecule has 0 aliphatic carbocycles. The zero-order valence-corrected chi connectivity index (χ0v) is 11.5. The monoisotopic (exact) mass is 280 g/mol. The minimum absolute atomic E-state index is 0.0194. The van der Waals surface area contributed by atoms with Crippen molar-refractivity contribution in [3.05, 3.63) is 51.4 Å². The maximum atomic E-state index is 12.1. The first-order valence-electron chi connectivity index (χ1n) is 5.56. The number of carbonyl (C=O) groups excluding carboxylic acids is 1. The molecule has 0 spiro atoms. The lowest BCUT2D eigenvalue weighted by molar-refractivity contribution is 0.0796. The Morgan fingerprint density at radius 1 is 1.50 bits per heavy atom. The van der Waals surface area contributed by atoms with Gasteiger partial charge in [-0.05, 0) is 18.2 Å². The van der Waals surface area contributed by atoms with Gasteiger partial charge in [-0.25, -0.2) is 4.98 Å². The van der Waals surface area contributed by atoms with Crippen molar-refractivity contribution < 1.29 is 4.79 Å². The number of hydrogen-bond donors (Lipinski definition) is 0. The summed E-state index contributed by atoms with van der Waals surface area (Å²) in [5.74, 6) is -0.0194. The first-order chi connectivity index (χ1) is 8.66. The first kappa shape index (κ1) is 13.1. The van der Waals surface area contributed by atoms with Gasteiger partial charge in [-0.15, -0.1) is 11.3 Å². The van der Waals surface area contributed by atoms with Crippen molar-refractivity contribution in [3.8, 4) is 0 Å². The number of halogens is 1. The highest BCUT2D eigenvalue weighted by atomic mass is 35.5. The molecular formula is C13H13ClN2OS. The standard InChI is InChI=1S/C13H13ClN2OS/c1-16(7-5-12-15-6-8-18-12)13(17)10-3-2-4-11(14)9-10/h2-4,6,8-9H,5,7H2,1H3. The van der Waals surface area contributed by atoms with Crippen LogP contribution in [0.4, 0.5) is 0 Å². The summed E-state index contributed by atoms with van der Waals surface area (Å²) >= 11 is 7.48. The number of nitrogens with zero attached hydrogens (tertiary/aromatic N) is 2. The fraction of sp³-hybridized carbons (Fsp3) is 0.231. The van der Waals surface area contributed by atoms with E-state index in [4.69, 9.17) is 11.6 Å². The molecule has 0 aliphatic rings. The third-order valence-electron chi connectivity index (χ3n) is 2.56. The van der Waals surface area contributed by atoms with Crippen LogP contribution in [0, 0.1) is 0 Å². The molecule has 0 atom stereocenters. The Hall–Kier alpha value is -1.39. The second kappa shape index (κ2) is 5.98. The van der Waals surface area contributed by atoms with Crippen LogP contribution in [0.5, 0.6) is 0 Å². The molecule has 1 aromatic heterocycles. The van der Waals surface area contributed by atoms with Gasteiger partial charge >= 0.3 is 0 Å². The highest BCUT2D eigenvalue weighted by Crippen LogP contribution is 2.13. The number of amides is 1. The van der Waals surface area contributed by atoms with Crippen LogP contribution < -0.4 is 0 Å². The molecule has 1 amide bonds. The van der Waals surface area contributed by atoms with Gasteiger partial charge in [0.25, 0.3) is 5.91 Å². The normalized spacial score (nSPS) is 10.3. The van der Waals surface area contributed by atoms with E-state index in [-0.39, 0.29) is 5.91 Å². The number of hydrogen-bond acceptors (Lipinski definition) is 3. The van der Waals surface area contributed by atoms with E-state index in [1.54, 1.807) is 53.7 Å². The van der Waals surface area contributed by atoms with Crippen LogP contribution in [0.15, 0.2) is 35.8 Å². The Balaban J connectivity index is 1.96. The number of aromatic nitrogens is 1. The smallest absolute Gasteiger partial charge is 0.253 e. The second-order valence-electron chi connectivity index (χ2n) is 3.91. The van der Waals surface area contributed by atoms with Crippen LogP contribution in [-0.4, -0.2) is 29.4 Å². The molecule has 3 nitrogen and oxygen atoms in total. The molecule has 0 fully saturated rings. The van der Waals surface area contributed by atoms with E-state index in [9.17, 15) is 4.79 Å². The molecule has 2 rings (SSSR count). The maximum absolute atomic E-state index is 12.1. The molecular weight excluding hydrogens is 268 g/mol. The van der Waals surface area contributed by atoms with E-state index < -0.39 is 0 Å². The highest BCUT2D eigenvalue weighted by Gasteiger charge is 2.12. The number of rotatable bonds is 4. The highest BCUT2D eigenvalue weighted by molar-refractivity contribution is 7.09. The third-order valence-corrected chi connectivity index (χ3v) is 3.64. The summed E-state index contributed by atoms with van der Waals surface area (Å²) in [7, 11) is 1.79. The maximum Gasteiger partial charge on any atom is 0.253 e. The van der Waals surface area contributed by atoms with Crippen LogP contribution in [0.2, 0.25) is 5.02 Å². The van der Waals surface area contributed by atoms with E-state index in [1.165, 1.54) is 0 Å². The molecule has 1 aromatic carbocycles. The zero-order valence-electron chi connectivity index (χ0n) is 9.97. The van der Waals surface area contributed by atoms with Gasteiger partial charge in [0.15, 0.2) is 0 Å². The summed E-state index contributed by atoms with van der Waals surface area (Å²) in [6, 6.07) is 7.00. The molecule has 0 radical (unpaired) electrons. The lowest BCUT2D eigenvalue weighted by atomic mass is 10.2. The van der Waals surface area contributed by atoms with Crippen LogP contribution in [0.1, 0.15) is 15.4 Å². The average Bonchev–Trinajstić information content (AvgIpc) is 2.88. The largest absolute Gasteiger partial charge is 0.341 e. The van der Waals surface area contributed by atoms with Gasteiger partial charge in [0.1, 0.15) is 0 Å². The van der Waals surface area contributed by atoms with Crippen LogP contribution in [0.3, 0.4) is 0 Å². The zero-order chi connectivity index (χ0) is 13.0. The Kier molecular flexibility index (Phi) is 4.33. The summed E-state index contributed by atoms with van der Waals surface area (Å²) in [6.07, 6.45) is 2.55. The van der Waals surface area contributed by atoms with Crippen molar-refractivity contribution in [3.63, 3.8) is 0 Å². The lowest BCUT2D eigenvalue weighted by Gasteiger charge is -2.16. The fourth-order valence-electron chi connectivity index (χ4n) is 1.58. The predicted molar refractivity (Wildman–Crippen MR) is 74.2 cm³/mol. The third kappa shape index (κ3) is 3.31. The van der Waals surface area contributed by atoms with Gasteiger partial charge in [-0.1, -0.05) is 17.7 Å². The van der Waals surface area contributed by atoms with E-state index in [0.29, 0.717) is 17.1 Å². The Morgan fingerprint density at radius 3 is 3.00 bits per heavy atom. The lowest BCUT2D eigenvalue weighted by Crippen LogP contribution is -2.28. The number of benzene rings is 1. The van der Waals surface area contributed by atoms with Crippen molar-refractivity contribution >= 4 is 28.8 Å². The van der Waals surface area contributed by atoms with Crippen LogP contribution in [-0.2, 0) is 6.42 Å². The second-order valence-corrected chi connectivity index (χ2v) is 5.33. The van der Waals surface area contributed by atoms with Crippen molar-refractivity contribution in [1.29, 1.82) is 0 Å². The van der Waals surface area contributed by atoms with Crippen molar-refractivity contribution in [1.82, 2.24) is 9.88 Å². The van der Waals surface area contributed by atoms with Crippen LogP contribution in [0.25, 0.3) is 0 Å². The van der Waals surface area contributed by atoms with Crippen LogP contribution >= 0.6 is 22.9 Å². The quantitative estimate of drug-likeness (QED) is 0.862. The summed E-state index contributed by atoms with van der Waals surface area (Å²) in [5.41, 5.74) is 0.615. The molecule has 18 heavy (non-hydrogen) atoms. The molecule has 0 unspecified atom stereocenters. The predicted octanol–water partition coefficient (Wildman–Crippen LogP) is 3.11. The summed E-state index contributed by atoms with van der Waals surface area (Å²) < 4.78 is 0. The molecule has 0 aliphatic heterocycles. The van der Waals surface area contributed by atoms with Gasteiger partial charge in [0, 0.05) is 42.2 Å². The minimum Gasteiger partial charge on any atom is -0.341 e. The van der Waals surface area contributed by atoms with Gasteiger partial charge in [0.2, 0.25) is 0 Å². The summed E-state index contributed by atoms with van der Waals surface area (Å²) in [4.78, 5) is 18.0. The Labute approximate surface area is 115 Å². The number of likely N-dealkylation sites (N-methyl/N-ethyl adjacent to an activating group) is 1. The average molecular weight is 281 g/mol. The molecule has 0 bridgehead atoms. The van der Waals surface area contributed by atoms with Gasteiger partial charge < -0.3 is 4.90 Å². The molecule has 2 aromatic rings. The Bertz CT molecular complexity index is 528.